The van der Waals surface area contributed by atoms with Gasteiger partial charge in [-0.25, -0.2) is 9.97 Å². The molecule has 7 rings (SSSR count). The second kappa shape index (κ2) is 8.47. The molecule has 4 N–H and O–H groups in total. The van der Waals surface area contributed by atoms with Crippen molar-refractivity contribution < 1.29 is 9.90 Å². The molecular weight excluding hydrogens is 522 g/mol. The summed E-state index contributed by atoms with van der Waals surface area (Å²) in [6.07, 6.45) is 14.0. The van der Waals surface area contributed by atoms with Gasteiger partial charge in [0.1, 0.15) is 12.1 Å². The molecule has 3 saturated carbocycles. The molecule has 0 bridgehead atoms. The first kappa shape index (κ1) is 28.1. The number of hydrogen-bond acceptors (Lipinski definition) is 5. The second-order valence-electron chi connectivity index (χ2n) is 16.9. The van der Waals surface area contributed by atoms with Gasteiger partial charge >= 0.3 is 5.97 Å². The maximum atomic E-state index is 13.3. The van der Waals surface area contributed by atoms with Crippen molar-refractivity contribution in [1.29, 1.82) is 0 Å². The number of carboxylic acids is 1. The summed E-state index contributed by atoms with van der Waals surface area (Å²) in [5.41, 5.74) is 12.0. The van der Waals surface area contributed by atoms with Crippen molar-refractivity contribution in [1.82, 2.24) is 20.2 Å². The Labute approximate surface area is 250 Å². The van der Waals surface area contributed by atoms with Crippen LogP contribution < -0.4 is 5.73 Å². The fraction of sp³-hybridized carbons (Fsp3) is 0.714. The Bertz CT molecular complexity index is 1490. The number of aliphatic carboxylic acids is 1. The molecule has 0 aliphatic heterocycles. The lowest BCUT2D eigenvalue weighted by molar-refractivity contribution is -0.175. The SMILES string of the molecule is CC1(C)CCC2(C(=O)O)CCC3(C)C(=C(c4cncnc4)CC4C5(C)Cc6c(n[nH]c6N)C(C)(C)C5CCC43C)C2C1. The van der Waals surface area contributed by atoms with Gasteiger partial charge in [-0.1, -0.05) is 54.0 Å². The second-order valence-corrected chi connectivity index (χ2v) is 16.9. The van der Waals surface area contributed by atoms with E-state index in [1.165, 1.54) is 16.7 Å². The Hall–Kier alpha value is -2.70. The average Bonchev–Trinajstić information content (AvgIpc) is 3.29. The van der Waals surface area contributed by atoms with Crippen molar-refractivity contribution in [3.05, 3.63) is 41.1 Å². The molecule has 7 heteroatoms. The lowest BCUT2D eigenvalue weighted by Crippen LogP contribution is -2.65. The number of anilines is 1. The predicted octanol–water partition coefficient (Wildman–Crippen LogP) is 7.21. The average molecular weight is 572 g/mol. The molecule has 2 heterocycles. The number of nitrogens with two attached hydrogens (primary N) is 1. The number of nitrogens with one attached hydrogen (secondary N) is 1. The monoisotopic (exact) mass is 571 g/mol. The van der Waals surface area contributed by atoms with Crippen LogP contribution in [0.2, 0.25) is 0 Å². The molecule has 5 aliphatic rings. The molecule has 42 heavy (non-hydrogen) atoms. The van der Waals surface area contributed by atoms with Gasteiger partial charge < -0.3 is 10.8 Å². The first-order chi connectivity index (χ1) is 19.6. The van der Waals surface area contributed by atoms with E-state index in [0.29, 0.717) is 17.7 Å². The van der Waals surface area contributed by atoms with E-state index in [4.69, 9.17) is 10.8 Å². The molecule has 2 aromatic heterocycles. The summed E-state index contributed by atoms with van der Waals surface area (Å²) in [4.78, 5) is 22.3. The van der Waals surface area contributed by atoms with Crippen molar-refractivity contribution in [3.63, 3.8) is 0 Å². The molecular formula is C35H49N5O2. The lowest BCUT2D eigenvalue weighted by atomic mass is 9.33. The van der Waals surface area contributed by atoms with E-state index in [1.807, 2.05) is 12.4 Å². The van der Waals surface area contributed by atoms with Crippen LogP contribution in [0.1, 0.15) is 117 Å². The number of H-pyrrole nitrogens is 1. The maximum Gasteiger partial charge on any atom is 0.310 e. The summed E-state index contributed by atoms with van der Waals surface area (Å²) in [5.74, 6) is 1.03. The molecule has 226 valence electrons. The summed E-state index contributed by atoms with van der Waals surface area (Å²) in [5, 5.41) is 18.8. The first-order valence-corrected chi connectivity index (χ1v) is 16.2. The molecule has 3 fully saturated rings. The minimum atomic E-state index is -0.692. The minimum absolute atomic E-state index is 0.0179. The Morgan fingerprint density at radius 2 is 1.67 bits per heavy atom. The highest BCUT2D eigenvalue weighted by Gasteiger charge is 2.70. The van der Waals surface area contributed by atoms with Gasteiger partial charge in [0.25, 0.3) is 0 Å². The third-order valence-corrected chi connectivity index (χ3v) is 14.3. The van der Waals surface area contributed by atoms with E-state index in [0.717, 1.165) is 69.0 Å². The van der Waals surface area contributed by atoms with Gasteiger partial charge in [-0.05, 0) is 103 Å². The van der Waals surface area contributed by atoms with Crippen LogP contribution >= 0.6 is 0 Å². The van der Waals surface area contributed by atoms with Crippen LogP contribution in [0.4, 0.5) is 5.82 Å². The summed E-state index contributed by atoms with van der Waals surface area (Å²) >= 11 is 0. The molecule has 0 saturated heterocycles. The van der Waals surface area contributed by atoms with E-state index in [1.54, 1.807) is 6.33 Å². The van der Waals surface area contributed by atoms with Crippen LogP contribution in [0.5, 0.6) is 0 Å². The topological polar surface area (TPSA) is 118 Å². The number of aromatic amines is 1. The fourth-order valence-corrected chi connectivity index (χ4v) is 11.9. The van der Waals surface area contributed by atoms with Crippen LogP contribution in [-0.4, -0.2) is 31.2 Å². The van der Waals surface area contributed by atoms with Crippen LogP contribution in [0.3, 0.4) is 0 Å². The van der Waals surface area contributed by atoms with Gasteiger partial charge in [-0.2, -0.15) is 5.10 Å². The number of rotatable bonds is 2. The summed E-state index contributed by atoms with van der Waals surface area (Å²) in [7, 11) is 0. The number of aromatic nitrogens is 4. The van der Waals surface area contributed by atoms with Gasteiger partial charge in [-0.3, -0.25) is 9.89 Å². The molecule has 0 amide bonds. The highest BCUT2D eigenvalue weighted by molar-refractivity contribution is 5.80. The van der Waals surface area contributed by atoms with E-state index in [9.17, 15) is 9.90 Å². The quantitative estimate of drug-likeness (QED) is 0.351. The third kappa shape index (κ3) is 3.34. The van der Waals surface area contributed by atoms with Crippen molar-refractivity contribution in [2.75, 3.05) is 5.73 Å². The highest BCUT2D eigenvalue weighted by Crippen LogP contribution is 2.77. The van der Waals surface area contributed by atoms with E-state index in [-0.39, 0.29) is 33.0 Å². The Morgan fingerprint density at radius 1 is 0.976 bits per heavy atom. The Morgan fingerprint density at radius 3 is 2.36 bits per heavy atom. The van der Waals surface area contributed by atoms with Crippen LogP contribution in [-0.2, 0) is 16.6 Å². The molecule has 7 atom stereocenters. The molecule has 0 radical (unpaired) electrons. The molecule has 7 unspecified atom stereocenters. The minimum Gasteiger partial charge on any atom is -0.481 e. The number of nitrogen functional groups attached to an aromatic ring is 1. The normalized spacial score (nSPS) is 41.5. The molecule has 0 aromatic carbocycles. The lowest BCUT2D eigenvalue weighted by Gasteiger charge is -2.71. The number of allylic oxidation sites excluding steroid dienone is 2. The Balaban J connectivity index is 1.48. The van der Waals surface area contributed by atoms with Crippen LogP contribution in [0.15, 0.2) is 24.3 Å². The van der Waals surface area contributed by atoms with E-state index < -0.39 is 11.4 Å². The smallest absolute Gasteiger partial charge is 0.310 e. The molecule has 2 aromatic rings. The zero-order chi connectivity index (χ0) is 30.1. The van der Waals surface area contributed by atoms with Crippen LogP contribution in [0, 0.1) is 44.8 Å². The number of hydrogen-bond donors (Lipinski definition) is 3. The van der Waals surface area contributed by atoms with Gasteiger partial charge in [0.05, 0.1) is 11.1 Å². The summed E-state index contributed by atoms with van der Waals surface area (Å²) < 4.78 is 0. The standard InChI is InChI=1S/C35H49N5O2/c1-30(2)10-12-35(29(41)42)13-11-34(7)26(23(35)16-30)21(20-17-37-19-38-18-20)14-25-32(5)15-22-27(39-40-28(22)36)31(3,4)24(32)8-9-33(25,34)6/h17-19,23-25H,8-16H2,1-7H3,(H,41,42)(H3,36,39,40). The largest absolute Gasteiger partial charge is 0.481 e. The number of carbonyl (C=O) groups is 1. The fourth-order valence-electron chi connectivity index (χ4n) is 11.9. The van der Waals surface area contributed by atoms with Gasteiger partial charge in [0, 0.05) is 28.9 Å². The van der Waals surface area contributed by atoms with Gasteiger partial charge in [0.15, 0.2) is 0 Å². The molecule has 7 nitrogen and oxygen atoms in total. The summed E-state index contributed by atoms with van der Waals surface area (Å²) in [6, 6.07) is 0. The van der Waals surface area contributed by atoms with Crippen molar-refractivity contribution in [2.24, 2.45) is 44.8 Å². The number of nitrogens with zero attached hydrogens (tertiary/aromatic N) is 3. The van der Waals surface area contributed by atoms with E-state index in [2.05, 4.69) is 63.5 Å². The maximum absolute atomic E-state index is 13.3. The highest BCUT2D eigenvalue weighted by atomic mass is 16.4. The van der Waals surface area contributed by atoms with Crippen LogP contribution in [0.25, 0.3) is 5.57 Å². The van der Waals surface area contributed by atoms with Gasteiger partial charge in [0.2, 0.25) is 0 Å². The number of carboxylic acid groups (broad SMARTS) is 1. The number of fused-ring (bicyclic) bond motifs is 8. The first-order valence-electron chi connectivity index (χ1n) is 16.2. The molecule has 0 spiro atoms. The van der Waals surface area contributed by atoms with E-state index >= 15 is 0 Å². The zero-order valence-electron chi connectivity index (χ0n) is 26.6. The van der Waals surface area contributed by atoms with Crippen molar-refractivity contribution in [2.45, 2.75) is 112 Å². The van der Waals surface area contributed by atoms with Crippen molar-refractivity contribution >= 4 is 17.4 Å². The summed E-state index contributed by atoms with van der Waals surface area (Å²) in [6.45, 7) is 17.1. The Kier molecular flexibility index (Phi) is 5.67. The zero-order valence-corrected chi connectivity index (χ0v) is 26.6. The predicted molar refractivity (Wildman–Crippen MR) is 164 cm³/mol. The van der Waals surface area contributed by atoms with Crippen molar-refractivity contribution in [3.8, 4) is 0 Å². The third-order valence-electron chi connectivity index (χ3n) is 14.3. The molecule has 5 aliphatic carbocycles. The van der Waals surface area contributed by atoms with Gasteiger partial charge in [-0.15, -0.1) is 0 Å².